The van der Waals surface area contributed by atoms with Crippen LogP contribution in [0.5, 0.6) is 0 Å². The van der Waals surface area contributed by atoms with E-state index in [1.54, 1.807) is 0 Å². The van der Waals surface area contributed by atoms with E-state index in [0.29, 0.717) is 6.42 Å². The topological polar surface area (TPSA) is 0 Å². The van der Waals surface area contributed by atoms with Crippen LogP contribution in [0.15, 0.2) is 11.6 Å². The number of hydrogen-bond acceptors (Lipinski definition) is 0. The van der Waals surface area contributed by atoms with E-state index in [9.17, 15) is 4.39 Å². The molecule has 70 valence electrons. The van der Waals surface area contributed by atoms with Gasteiger partial charge in [-0.1, -0.05) is 39.3 Å². The molecule has 0 aromatic rings. The van der Waals surface area contributed by atoms with E-state index in [4.69, 9.17) is 0 Å². The molecule has 12 heavy (non-hydrogen) atoms. The van der Waals surface area contributed by atoms with Gasteiger partial charge in [-0.2, -0.15) is 0 Å². The Balaban J connectivity index is 2.71. The van der Waals surface area contributed by atoms with E-state index < -0.39 is 6.17 Å². The van der Waals surface area contributed by atoms with Gasteiger partial charge in [-0.05, 0) is 17.8 Å². The second-order valence-corrected chi connectivity index (χ2v) is 4.91. The quantitative estimate of drug-likeness (QED) is 0.486. The fourth-order valence-corrected chi connectivity index (χ4v) is 1.58. The lowest BCUT2D eigenvalue weighted by molar-refractivity contribution is 0.217. The Labute approximate surface area is 74.9 Å². The lowest BCUT2D eigenvalue weighted by Gasteiger charge is -2.30. The van der Waals surface area contributed by atoms with Crippen LogP contribution in [0.3, 0.4) is 0 Å². The van der Waals surface area contributed by atoms with Gasteiger partial charge < -0.3 is 0 Å². The maximum absolute atomic E-state index is 13.3. The van der Waals surface area contributed by atoms with Crippen molar-refractivity contribution < 1.29 is 4.39 Å². The molecule has 2 unspecified atom stereocenters. The van der Waals surface area contributed by atoms with Gasteiger partial charge in [-0.3, -0.25) is 0 Å². The number of rotatable bonds is 0. The van der Waals surface area contributed by atoms with Crippen LogP contribution < -0.4 is 0 Å². The summed E-state index contributed by atoms with van der Waals surface area (Å²) in [6, 6.07) is 0. The van der Waals surface area contributed by atoms with Crippen molar-refractivity contribution in [1.29, 1.82) is 0 Å². The molecule has 2 atom stereocenters. The summed E-state index contributed by atoms with van der Waals surface area (Å²) in [4.78, 5) is 0. The summed E-state index contributed by atoms with van der Waals surface area (Å²) in [6.07, 6.45) is 3.16. The van der Waals surface area contributed by atoms with Gasteiger partial charge >= 0.3 is 0 Å². The van der Waals surface area contributed by atoms with Gasteiger partial charge in [-0.15, -0.1) is 0 Å². The third-order valence-corrected chi connectivity index (χ3v) is 2.73. The van der Waals surface area contributed by atoms with Crippen molar-refractivity contribution in [2.45, 2.75) is 46.7 Å². The van der Waals surface area contributed by atoms with Gasteiger partial charge in [0.1, 0.15) is 6.17 Å². The van der Waals surface area contributed by atoms with Crippen molar-refractivity contribution in [2.75, 3.05) is 0 Å². The average Bonchev–Trinajstić information content (AvgIpc) is 1.92. The molecule has 0 saturated heterocycles. The van der Waals surface area contributed by atoms with Crippen LogP contribution in [0.1, 0.15) is 40.5 Å². The average molecular weight is 170 g/mol. The molecule has 1 aliphatic rings. The molecule has 1 aliphatic carbocycles. The highest BCUT2D eigenvalue weighted by molar-refractivity contribution is 5.15. The minimum Gasteiger partial charge on any atom is -0.247 e. The van der Waals surface area contributed by atoms with Crippen LogP contribution in [-0.2, 0) is 0 Å². The molecule has 0 saturated carbocycles. The molecule has 1 heteroatoms. The number of halogens is 1. The monoisotopic (exact) mass is 170 g/mol. The molecule has 1 rings (SSSR count). The third-order valence-electron chi connectivity index (χ3n) is 2.73. The number of allylic oxidation sites excluding steroid dienone is 2. The molecule has 0 fully saturated rings. The van der Waals surface area contributed by atoms with Crippen LogP contribution >= 0.6 is 0 Å². The zero-order chi connectivity index (χ0) is 9.35. The van der Waals surface area contributed by atoms with Crippen molar-refractivity contribution in [2.24, 2.45) is 11.3 Å². The SMILES string of the molecule is CC1CC=C(C(C)(C)C)CC1F. The van der Waals surface area contributed by atoms with E-state index in [1.165, 1.54) is 5.57 Å². The van der Waals surface area contributed by atoms with E-state index in [-0.39, 0.29) is 11.3 Å². The highest BCUT2D eigenvalue weighted by Gasteiger charge is 2.27. The van der Waals surface area contributed by atoms with Crippen LogP contribution in [0.4, 0.5) is 4.39 Å². The van der Waals surface area contributed by atoms with Crippen molar-refractivity contribution in [3.05, 3.63) is 11.6 Å². The van der Waals surface area contributed by atoms with Crippen molar-refractivity contribution in [3.63, 3.8) is 0 Å². The van der Waals surface area contributed by atoms with Crippen LogP contribution in [0.25, 0.3) is 0 Å². The molecule has 0 amide bonds. The summed E-state index contributed by atoms with van der Waals surface area (Å²) in [5.74, 6) is 0.219. The summed E-state index contributed by atoms with van der Waals surface area (Å²) in [5, 5.41) is 0. The van der Waals surface area contributed by atoms with Gasteiger partial charge in [0.25, 0.3) is 0 Å². The van der Waals surface area contributed by atoms with Gasteiger partial charge in [0.2, 0.25) is 0 Å². The van der Waals surface area contributed by atoms with Gasteiger partial charge in [0.15, 0.2) is 0 Å². The fraction of sp³-hybridized carbons (Fsp3) is 0.818. The lowest BCUT2D eigenvalue weighted by Crippen LogP contribution is -2.23. The van der Waals surface area contributed by atoms with E-state index in [1.807, 2.05) is 6.92 Å². The summed E-state index contributed by atoms with van der Waals surface area (Å²) in [7, 11) is 0. The van der Waals surface area contributed by atoms with Crippen molar-refractivity contribution in [1.82, 2.24) is 0 Å². The second kappa shape index (κ2) is 3.20. The van der Waals surface area contributed by atoms with E-state index in [2.05, 4.69) is 26.8 Å². The van der Waals surface area contributed by atoms with Gasteiger partial charge in [-0.25, -0.2) is 4.39 Å². The fourth-order valence-electron chi connectivity index (χ4n) is 1.58. The summed E-state index contributed by atoms with van der Waals surface area (Å²) in [5.41, 5.74) is 1.44. The normalized spacial score (nSPS) is 31.6. The molecule has 0 nitrogen and oxygen atoms in total. The molecular formula is C11H19F. The highest BCUT2D eigenvalue weighted by Crippen LogP contribution is 2.36. The zero-order valence-electron chi connectivity index (χ0n) is 8.52. The zero-order valence-corrected chi connectivity index (χ0v) is 8.52. The molecule has 0 radical (unpaired) electrons. The predicted octanol–water partition coefficient (Wildman–Crippen LogP) is 3.73. The lowest BCUT2D eigenvalue weighted by atomic mass is 9.77. The maximum atomic E-state index is 13.3. The van der Waals surface area contributed by atoms with Crippen LogP contribution in [0, 0.1) is 11.3 Å². The number of hydrogen-bond donors (Lipinski definition) is 0. The van der Waals surface area contributed by atoms with Crippen molar-refractivity contribution in [3.8, 4) is 0 Å². The Kier molecular flexibility index (Phi) is 2.60. The Morgan fingerprint density at radius 3 is 2.42 bits per heavy atom. The first-order valence-electron chi connectivity index (χ1n) is 4.75. The standard InChI is InChI=1S/C11H19F/c1-8-5-6-9(7-10(8)12)11(2,3)4/h6,8,10H,5,7H2,1-4H3. The summed E-state index contributed by atoms with van der Waals surface area (Å²) in [6.45, 7) is 8.45. The molecule has 0 heterocycles. The third kappa shape index (κ3) is 2.09. The molecule has 0 aromatic heterocycles. The Morgan fingerprint density at radius 2 is 2.00 bits per heavy atom. The predicted molar refractivity (Wildman–Crippen MR) is 50.8 cm³/mol. The first-order valence-corrected chi connectivity index (χ1v) is 4.75. The Hall–Kier alpha value is -0.330. The Morgan fingerprint density at radius 1 is 1.42 bits per heavy atom. The minimum absolute atomic E-state index is 0.157. The highest BCUT2D eigenvalue weighted by atomic mass is 19.1. The molecule has 0 aromatic carbocycles. The number of alkyl halides is 1. The van der Waals surface area contributed by atoms with Crippen molar-refractivity contribution >= 4 is 0 Å². The smallest absolute Gasteiger partial charge is 0.107 e. The summed E-state index contributed by atoms with van der Waals surface area (Å²) >= 11 is 0. The first kappa shape index (κ1) is 9.76. The molecule has 0 N–H and O–H groups in total. The Bertz CT molecular complexity index is 186. The van der Waals surface area contributed by atoms with Gasteiger partial charge in [0, 0.05) is 6.42 Å². The maximum Gasteiger partial charge on any atom is 0.107 e. The molecule has 0 aliphatic heterocycles. The van der Waals surface area contributed by atoms with Crippen LogP contribution in [-0.4, -0.2) is 6.17 Å². The largest absolute Gasteiger partial charge is 0.247 e. The molecular weight excluding hydrogens is 151 g/mol. The summed E-state index contributed by atoms with van der Waals surface area (Å²) < 4.78 is 13.3. The van der Waals surface area contributed by atoms with Gasteiger partial charge in [0.05, 0.1) is 0 Å². The van der Waals surface area contributed by atoms with E-state index in [0.717, 1.165) is 6.42 Å². The second-order valence-electron chi connectivity index (χ2n) is 4.91. The van der Waals surface area contributed by atoms with E-state index >= 15 is 0 Å². The minimum atomic E-state index is -0.621. The molecule has 0 bridgehead atoms. The molecule has 0 spiro atoms. The first-order chi connectivity index (χ1) is 5.41. The van der Waals surface area contributed by atoms with Crippen LogP contribution in [0.2, 0.25) is 0 Å².